The monoisotopic (exact) mass is 255 g/mol. The summed E-state index contributed by atoms with van der Waals surface area (Å²) in [7, 11) is 0. The summed E-state index contributed by atoms with van der Waals surface area (Å²) < 4.78 is 1.61. The summed E-state index contributed by atoms with van der Waals surface area (Å²) in [6, 6.07) is 7.13. The molecule has 0 aliphatic rings. The number of imidazole rings is 1. The highest BCUT2D eigenvalue weighted by atomic mass is 16.2. The van der Waals surface area contributed by atoms with Crippen LogP contribution in [0.25, 0.3) is 11.0 Å². The van der Waals surface area contributed by atoms with Crippen LogP contribution in [0.5, 0.6) is 0 Å². The van der Waals surface area contributed by atoms with E-state index in [4.69, 9.17) is 5.73 Å². The number of hydrogen-bond acceptors (Lipinski definition) is 4. The first-order valence-corrected chi connectivity index (χ1v) is 5.91. The number of aryl methyl sites for hydroxylation is 1. The van der Waals surface area contributed by atoms with E-state index in [0.717, 1.165) is 16.7 Å². The summed E-state index contributed by atoms with van der Waals surface area (Å²) in [5, 5.41) is 6.62. The molecule has 3 N–H and O–H groups in total. The summed E-state index contributed by atoms with van der Waals surface area (Å²) in [4.78, 5) is 16.7. The number of nitrogen functional groups attached to an aromatic ring is 1. The van der Waals surface area contributed by atoms with E-state index >= 15 is 0 Å². The van der Waals surface area contributed by atoms with Crippen molar-refractivity contribution in [2.24, 2.45) is 0 Å². The Morgan fingerprint density at radius 3 is 3.00 bits per heavy atom. The van der Waals surface area contributed by atoms with E-state index in [1.54, 1.807) is 35.9 Å². The van der Waals surface area contributed by atoms with Crippen molar-refractivity contribution >= 4 is 22.6 Å². The van der Waals surface area contributed by atoms with Crippen molar-refractivity contribution in [3.8, 4) is 0 Å². The molecule has 0 bridgehead atoms. The van der Waals surface area contributed by atoms with Gasteiger partial charge < -0.3 is 5.73 Å². The molecule has 0 saturated heterocycles. The Morgan fingerprint density at radius 2 is 2.26 bits per heavy atom. The number of rotatable bonds is 2. The predicted octanol–water partition coefficient (Wildman–Crippen LogP) is 1.53. The number of hydrogen-bond donors (Lipinski definition) is 2. The van der Waals surface area contributed by atoms with Gasteiger partial charge in [-0.3, -0.25) is 14.5 Å². The Balaban J connectivity index is 2.04. The fourth-order valence-corrected chi connectivity index (χ4v) is 2.16. The molecule has 0 amide bonds. The number of nitrogens with one attached hydrogen (secondary N) is 1. The van der Waals surface area contributed by atoms with Crippen molar-refractivity contribution in [2.45, 2.75) is 13.3 Å². The van der Waals surface area contributed by atoms with E-state index in [1.807, 2.05) is 6.07 Å². The van der Waals surface area contributed by atoms with Crippen molar-refractivity contribution < 1.29 is 4.79 Å². The van der Waals surface area contributed by atoms with E-state index in [9.17, 15) is 4.79 Å². The van der Waals surface area contributed by atoms with Gasteiger partial charge in [0, 0.05) is 17.6 Å². The highest BCUT2D eigenvalue weighted by molar-refractivity contribution is 5.93. The Labute approximate surface area is 109 Å². The zero-order valence-corrected chi connectivity index (χ0v) is 10.4. The maximum Gasteiger partial charge on any atom is 0.238 e. The highest BCUT2D eigenvalue weighted by Crippen LogP contribution is 2.19. The number of carbonyl (C=O) groups is 1. The number of aromatic nitrogens is 4. The molecule has 2 aromatic heterocycles. The summed E-state index contributed by atoms with van der Waals surface area (Å²) >= 11 is 0. The van der Waals surface area contributed by atoms with Crippen LogP contribution >= 0.6 is 0 Å². The average Bonchev–Trinajstić information content (AvgIpc) is 2.95. The number of nitrogens with zero attached hydrogens (tertiary/aromatic N) is 3. The molecular formula is C13H13N5O. The molecule has 96 valence electrons. The largest absolute Gasteiger partial charge is 0.399 e. The lowest BCUT2D eigenvalue weighted by molar-refractivity contribution is 0.0915. The number of nitrogens with two attached hydrogens (primary N) is 1. The standard InChI is InChI=1S/C13H13N5O/c1-8-16-11-6-9(14)2-3-12(11)18(8)13(19)7-10-4-5-15-17-10/h2-6H,7,14H2,1H3,(H,15,17). The molecule has 0 aliphatic carbocycles. The number of aromatic amines is 1. The lowest BCUT2D eigenvalue weighted by Crippen LogP contribution is -2.15. The van der Waals surface area contributed by atoms with Crippen molar-refractivity contribution in [1.29, 1.82) is 0 Å². The van der Waals surface area contributed by atoms with Crippen molar-refractivity contribution in [2.75, 3.05) is 5.73 Å². The van der Waals surface area contributed by atoms with Crippen LogP contribution < -0.4 is 5.73 Å². The second-order valence-electron chi connectivity index (χ2n) is 4.39. The number of anilines is 1. The molecule has 0 unspecified atom stereocenters. The van der Waals surface area contributed by atoms with Crippen LogP contribution in [0.3, 0.4) is 0 Å². The van der Waals surface area contributed by atoms with Crippen LogP contribution in [0.2, 0.25) is 0 Å². The molecule has 6 heteroatoms. The quantitative estimate of drug-likeness (QED) is 0.679. The van der Waals surface area contributed by atoms with Crippen LogP contribution in [0, 0.1) is 6.92 Å². The van der Waals surface area contributed by atoms with Crippen LogP contribution in [-0.2, 0) is 6.42 Å². The predicted molar refractivity (Wildman–Crippen MR) is 71.8 cm³/mol. The third-order valence-corrected chi connectivity index (χ3v) is 3.00. The van der Waals surface area contributed by atoms with Crippen LogP contribution in [0.4, 0.5) is 5.69 Å². The molecule has 0 fully saturated rings. The minimum absolute atomic E-state index is 0.0472. The summed E-state index contributed by atoms with van der Waals surface area (Å²) in [6.45, 7) is 1.81. The van der Waals surface area contributed by atoms with Gasteiger partial charge in [0.05, 0.1) is 17.5 Å². The van der Waals surface area contributed by atoms with Crippen molar-refractivity contribution in [3.05, 3.63) is 42.0 Å². The topological polar surface area (TPSA) is 89.6 Å². The van der Waals surface area contributed by atoms with Gasteiger partial charge in [0.2, 0.25) is 5.91 Å². The Bertz CT molecular complexity index is 742. The van der Waals surface area contributed by atoms with Crippen LogP contribution in [0.15, 0.2) is 30.5 Å². The van der Waals surface area contributed by atoms with Gasteiger partial charge >= 0.3 is 0 Å². The molecule has 19 heavy (non-hydrogen) atoms. The van der Waals surface area contributed by atoms with E-state index in [0.29, 0.717) is 11.5 Å². The molecule has 0 saturated carbocycles. The van der Waals surface area contributed by atoms with Gasteiger partial charge in [0.25, 0.3) is 0 Å². The first-order valence-electron chi connectivity index (χ1n) is 5.91. The number of fused-ring (bicyclic) bond motifs is 1. The third kappa shape index (κ3) is 1.97. The molecule has 0 radical (unpaired) electrons. The number of carbonyl (C=O) groups excluding carboxylic acids is 1. The molecule has 2 heterocycles. The zero-order valence-electron chi connectivity index (χ0n) is 10.4. The highest BCUT2D eigenvalue weighted by Gasteiger charge is 2.15. The second-order valence-corrected chi connectivity index (χ2v) is 4.39. The summed E-state index contributed by atoms with van der Waals surface area (Å²) in [5.74, 6) is 0.610. The molecule has 3 rings (SSSR count). The van der Waals surface area contributed by atoms with Gasteiger partial charge in [-0.05, 0) is 31.2 Å². The third-order valence-electron chi connectivity index (χ3n) is 3.00. The van der Waals surface area contributed by atoms with E-state index in [-0.39, 0.29) is 12.3 Å². The lowest BCUT2D eigenvalue weighted by Gasteiger charge is -2.04. The lowest BCUT2D eigenvalue weighted by atomic mass is 10.2. The number of H-pyrrole nitrogens is 1. The van der Waals surface area contributed by atoms with Crippen LogP contribution in [-0.4, -0.2) is 25.7 Å². The smallest absolute Gasteiger partial charge is 0.238 e. The molecule has 3 aromatic rings. The van der Waals surface area contributed by atoms with Gasteiger partial charge in [-0.25, -0.2) is 4.98 Å². The maximum atomic E-state index is 12.3. The Morgan fingerprint density at radius 1 is 1.42 bits per heavy atom. The Hall–Kier alpha value is -2.63. The van der Waals surface area contributed by atoms with Crippen molar-refractivity contribution in [1.82, 2.24) is 19.7 Å². The minimum atomic E-state index is -0.0472. The van der Waals surface area contributed by atoms with Gasteiger partial charge in [-0.2, -0.15) is 5.10 Å². The first-order chi connectivity index (χ1) is 9.15. The van der Waals surface area contributed by atoms with Gasteiger partial charge in [0.15, 0.2) is 0 Å². The van der Waals surface area contributed by atoms with Gasteiger partial charge in [0.1, 0.15) is 5.82 Å². The second kappa shape index (κ2) is 4.24. The minimum Gasteiger partial charge on any atom is -0.399 e. The SMILES string of the molecule is Cc1nc2cc(N)ccc2n1C(=O)Cc1ccn[nH]1. The fourth-order valence-electron chi connectivity index (χ4n) is 2.16. The maximum absolute atomic E-state index is 12.3. The van der Waals surface area contributed by atoms with E-state index < -0.39 is 0 Å². The molecule has 0 spiro atoms. The Kier molecular flexibility index (Phi) is 2.56. The van der Waals surface area contributed by atoms with Crippen molar-refractivity contribution in [3.63, 3.8) is 0 Å². The normalized spacial score (nSPS) is 11.0. The van der Waals surface area contributed by atoms with Gasteiger partial charge in [-0.15, -0.1) is 0 Å². The van der Waals surface area contributed by atoms with E-state index in [1.165, 1.54) is 0 Å². The molecular weight excluding hydrogens is 242 g/mol. The fraction of sp³-hybridized carbons (Fsp3) is 0.154. The average molecular weight is 255 g/mol. The summed E-state index contributed by atoms with van der Waals surface area (Å²) in [6.07, 6.45) is 1.89. The van der Waals surface area contributed by atoms with Crippen LogP contribution in [0.1, 0.15) is 16.3 Å². The zero-order chi connectivity index (χ0) is 13.4. The molecule has 0 atom stereocenters. The first kappa shape index (κ1) is 11.5. The molecule has 0 aliphatic heterocycles. The molecule has 6 nitrogen and oxygen atoms in total. The van der Waals surface area contributed by atoms with Gasteiger partial charge in [-0.1, -0.05) is 0 Å². The summed E-state index contributed by atoms with van der Waals surface area (Å²) in [5.41, 5.74) is 8.64. The number of benzene rings is 1. The van der Waals surface area contributed by atoms with E-state index in [2.05, 4.69) is 15.2 Å². The molecule has 1 aromatic carbocycles.